The number of aliphatic hydroxyl groups excluding tert-OH is 1. The van der Waals surface area contributed by atoms with Crippen LogP contribution in [0.15, 0.2) is 114 Å². The monoisotopic (exact) mass is 635 g/mol. The molecule has 6 rings (SSSR count). The van der Waals surface area contributed by atoms with Crippen LogP contribution in [0.5, 0.6) is 0 Å². The summed E-state index contributed by atoms with van der Waals surface area (Å²) in [6.45, 7) is 2.00. The van der Waals surface area contributed by atoms with Gasteiger partial charge in [-0.1, -0.05) is 98.3 Å². The fraction of sp³-hybridized carbons (Fsp3) is 0.243. The lowest BCUT2D eigenvalue weighted by Crippen LogP contribution is -2.41. The molecule has 1 aliphatic heterocycles. The van der Waals surface area contributed by atoms with Crippen molar-refractivity contribution in [3.63, 3.8) is 0 Å². The number of aliphatic hydroxyl groups is 1. The minimum atomic E-state index is -4.21. The number of fused-ring (bicyclic) bond motifs is 1. The molecule has 3 N–H and O–H groups in total. The van der Waals surface area contributed by atoms with Gasteiger partial charge in [-0.25, -0.2) is 23.3 Å². The Morgan fingerprint density at radius 1 is 0.848 bits per heavy atom. The molecule has 8 nitrogen and oxygen atoms in total. The number of benzene rings is 4. The Labute approximate surface area is 269 Å². The molecule has 0 bridgehead atoms. The van der Waals surface area contributed by atoms with Gasteiger partial charge in [0.15, 0.2) is 0 Å². The van der Waals surface area contributed by atoms with Crippen molar-refractivity contribution < 1.29 is 23.1 Å². The summed E-state index contributed by atoms with van der Waals surface area (Å²) < 4.78 is 33.4. The maximum absolute atomic E-state index is 14.1. The number of aryl methyl sites for hydroxylation is 2. The van der Waals surface area contributed by atoms with Crippen molar-refractivity contribution >= 4 is 32.6 Å². The number of imidazole rings is 1. The number of nitrogens with two attached hydrogens (primary N) is 1. The predicted molar refractivity (Wildman–Crippen MR) is 179 cm³/mol. The zero-order chi connectivity index (χ0) is 32.3. The quantitative estimate of drug-likeness (QED) is 0.153. The average molecular weight is 636 g/mol. The van der Waals surface area contributed by atoms with Crippen molar-refractivity contribution in [2.45, 2.75) is 62.6 Å². The first kappa shape index (κ1) is 31.3. The third kappa shape index (κ3) is 6.34. The van der Waals surface area contributed by atoms with E-state index in [1.165, 1.54) is 4.57 Å². The Balaban J connectivity index is 1.44. The van der Waals surface area contributed by atoms with Gasteiger partial charge in [-0.05, 0) is 72.6 Å². The van der Waals surface area contributed by atoms with Gasteiger partial charge in [0.1, 0.15) is 16.9 Å². The van der Waals surface area contributed by atoms with Crippen LogP contribution in [0.3, 0.4) is 0 Å². The zero-order valence-electron chi connectivity index (χ0n) is 25.7. The van der Waals surface area contributed by atoms with Crippen LogP contribution in [-0.2, 0) is 38.8 Å². The van der Waals surface area contributed by atoms with E-state index < -0.39 is 21.6 Å². The molecule has 9 heteroatoms. The number of cyclic esters (lactones) is 1. The summed E-state index contributed by atoms with van der Waals surface area (Å²) >= 11 is 0. The highest BCUT2D eigenvalue weighted by Gasteiger charge is 2.42. The second-order valence-corrected chi connectivity index (χ2v) is 13.3. The lowest BCUT2D eigenvalue weighted by atomic mass is 9.81. The number of para-hydroxylation sites is 2. The van der Waals surface area contributed by atoms with Gasteiger partial charge in [-0.2, -0.15) is 0 Å². The van der Waals surface area contributed by atoms with Crippen LogP contribution in [0.1, 0.15) is 54.9 Å². The van der Waals surface area contributed by atoms with E-state index in [1.807, 2.05) is 43.3 Å². The molecular formula is C37H37N3O5S. The molecule has 0 aliphatic carbocycles. The molecule has 0 fully saturated rings. The van der Waals surface area contributed by atoms with Crippen molar-refractivity contribution in [2.24, 2.45) is 5.14 Å². The second kappa shape index (κ2) is 12.9. The van der Waals surface area contributed by atoms with E-state index in [4.69, 9.17) is 9.88 Å². The number of ether oxygens (including phenoxy) is 1. The summed E-state index contributed by atoms with van der Waals surface area (Å²) in [6.07, 6.45) is 3.83. The number of sulfonamides is 1. The molecule has 2 heterocycles. The minimum Gasteiger partial charge on any atom is -0.511 e. The van der Waals surface area contributed by atoms with Crippen molar-refractivity contribution in [3.05, 3.63) is 131 Å². The molecule has 0 saturated carbocycles. The highest BCUT2D eigenvalue weighted by atomic mass is 32.2. The zero-order valence-corrected chi connectivity index (χ0v) is 26.5. The van der Waals surface area contributed by atoms with Crippen molar-refractivity contribution in [3.8, 4) is 5.69 Å². The molecule has 0 amide bonds. The van der Waals surface area contributed by atoms with Crippen LogP contribution in [0.25, 0.3) is 22.3 Å². The number of aromatic nitrogens is 2. The molecule has 5 aromatic rings. The number of primary sulfonamides is 1. The summed E-state index contributed by atoms with van der Waals surface area (Å²) in [7, 11) is -4.21. The summed E-state index contributed by atoms with van der Waals surface area (Å²) in [5, 5.41) is 17.1. The molecule has 0 spiro atoms. The molecule has 0 radical (unpaired) electrons. The van der Waals surface area contributed by atoms with Gasteiger partial charge in [0.25, 0.3) is 10.0 Å². The molecule has 46 heavy (non-hydrogen) atoms. The number of hydrogen-bond acceptors (Lipinski definition) is 6. The van der Waals surface area contributed by atoms with E-state index >= 15 is 0 Å². The van der Waals surface area contributed by atoms with Gasteiger partial charge in [0.2, 0.25) is 5.16 Å². The number of carbonyl (C=O) groups is 1. The van der Waals surface area contributed by atoms with Crippen LogP contribution in [-0.4, -0.2) is 34.6 Å². The molecule has 4 aromatic carbocycles. The van der Waals surface area contributed by atoms with E-state index in [-0.39, 0.29) is 22.9 Å². The van der Waals surface area contributed by atoms with Gasteiger partial charge in [0, 0.05) is 6.42 Å². The van der Waals surface area contributed by atoms with Crippen LogP contribution >= 0.6 is 0 Å². The highest BCUT2D eigenvalue weighted by Crippen LogP contribution is 2.41. The first-order chi connectivity index (χ1) is 22.2. The minimum absolute atomic E-state index is 0.0333. The van der Waals surface area contributed by atoms with Crippen molar-refractivity contribution in [2.75, 3.05) is 0 Å². The molecule has 0 atom stereocenters. The first-order valence-electron chi connectivity index (χ1n) is 15.6. The van der Waals surface area contributed by atoms with Crippen LogP contribution in [0.2, 0.25) is 0 Å². The van der Waals surface area contributed by atoms with E-state index in [0.29, 0.717) is 66.4 Å². The Bertz CT molecular complexity index is 1970. The number of rotatable bonds is 11. The lowest BCUT2D eigenvalue weighted by Gasteiger charge is -2.38. The first-order valence-corrected chi connectivity index (χ1v) is 17.1. The Hall–Kier alpha value is -4.73. The maximum atomic E-state index is 14.1. The van der Waals surface area contributed by atoms with Crippen molar-refractivity contribution in [1.29, 1.82) is 0 Å². The summed E-state index contributed by atoms with van der Waals surface area (Å²) in [5.41, 5.74) is 4.20. The molecule has 1 aromatic heterocycles. The standard InChI is InChI=1S/C37H37N3O5S/c1-2-12-28-29(17-11-20-31(28)40-32-19-10-9-18-30(32)39-36(40)46(38,43)44)34-33(41)25-37(45-35(34)42,23-21-26-13-5-3-6-14-26)24-22-27-15-7-4-8-16-27/h3-11,13-20,41H,2,12,21-25H2,1H3,(H2,38,43,44). The third-order valence-corrected chi connectivity index (χ3v) is 9.44. The second-order valence-electron chi connectivity index (χ2n) is 11.9. The lowest BCUT2D eigenvalue weighted by molar-refractivity contribution is -0.157. The van der Waals surface area contributed by atoms with Crippen LogP contribution < -0.4 is 5.14 Å². The van der Waals surface area contributed by atoms with Gasteiger partial charge < -0.3 is 9.84 Å². The van der Waals surface area contributed by atoms with Crippen LogP contribution in [0, 0.1) is 0 Å². The molecular weight excluding hydrogens is 598 g/mol. The van der Waals surface area contributed by atoms with E-state index in [0.717, 1.165) is 11.1 Å². The number of nitrogens with zero attached hydrogens (tertiary/aromatic N) is 2. The van der Waals surface area contributed by atoms with Crippen molar-refractivity contribution in [1.82, 2.24) is 9.55 Å². The average Bonchev–Trinajstić information content (AvgIpc) is 3.45. The smallest absolute Gasteiger partial charge is 0.342 e. The number of esters is 1. The fourth-order valence-electron chi connectivity index (χ4n) is 6.46. The maximum Gasteiger partial charge on any atom is 0.342 e. The summed E-state index contributed by atoms with van der Waals surface area (Å²) in [4.78, 5) is 18.4. The number of carbonyl (C=O) groups excluding carboxylic acids is 1. The predicted octanol–water partition coefficient (Wildman–Crippen LogP) is 6.85. The Kier molecular flexibility index (Phi) is 8.80. The highest BCUT2D eigenvalue weighted by molar-refractivity contribution is 7.89. The topological polar surface area (TPSA) is 125 Å². The van der Waals surface area contributed by atoms with Gasteiger partial charge in [0.05, 0.1) is 16.7 Å². The Morgan fingerprint density at radius 2 is 1.46 bits per heavy atom. The number of hydrogen-bond donors (Lipinski definition) is 2. The van der Waals surface area contributed by atoms with Crippen LogP contribution in [0.4, 0.5) is 0 Å². The van der Waals surface area contributed by atoms with E-state index in [2.05, 4.69) is 29.2 Å². The Morgan fingerprint density at radius 3 is 2.04 bits per heavy atom. The van der Waals surface area contributed by atoms with E-state index in [9.17, 15) is 18.3 Å². The fourth-order valence-corrected chi connectivity index (χ4v) is 7.13. The molecule has 1 aliphatic rings. The van der Waals surface area contributed by atoms with E-state index in [1.54, 1.807) is 42.5 Å². The largest absolute Gasteiger partial charge is 0.511 e. The normalized spacial score (nSPS) is 14.9. The van der Waals surface area contributed by atoms with Gasteiger partial charge in [-0.3, -0.25) is 4.57 Å². The SMILES string of the molecule is CCCc1c(C2=C(O)CC(CCc3ccccc3)(CCc3ccccc3)OC2=O)cccc1-n1c(S(N)(=O)=O)nc2ccccc21. The third-order valence-electron chi connectivity index (χ3n) is 8.66. The summed E-state index contributed by atoms with van der Waals surface area (Å²) in [6, 6.07) is 32.5. The summed E-state index contributed by atoms with van der Waals surface area (Å²) in [5.74, 6) is -0.629. The molecule has 236 valence electrons. The molecule has 0 unspecified atom stereocenters. The molecule has 0 saturated heterocycles. The van der Waals surface area contributed by atoms with Gasteiger partial charge >= 0.3 is 5.97 Å². The van der Waals surface area contributed by atoms with Gasteiger partial charge in [-0.15, -0.1) is 0 Å².